The number of nitrogens with one attached hydrogen (secondary N) is 1. The van der Waals surface area contributed by atoms with Crippen molar-refractivity contribution in [3.8, 4) is 0 Å². The molecule has 1 aromatic heterocycles. The van der Waals surface area contributed by atoms with Crippen molar-refractivity contribution in [3.05, 3.63) is 87.7 Å². The van der Waals surface area contributed by atoms with Crippen LogP contribution < -0.4 is 40.0 Å². The van der Waals surface area contributed by atoms with Gasteiger partial charge in [0.2, 0.25) is 0 Å². The van der Waals surface area contributed by atoms with Crippen molar-refractivity contribution in [3.63, 3.8) is 0 Å². The molecule has 0 unspecified atom stereocenters. The predicted molar refractivity (Wildman–Crippen MR) is 140 cm³/mol. The fourth-order valence-corrected chi connectivity index (χ4v) is 4.55. The maximum Gasteiger partial charge on any atom is 1.00 e. The summed E-state index contributed by atoms with van der Waals surface area (Å²) in [6.07, 6.45) is 2.91. The molecule has 2 aromatic carbocycles. The fraction of sp³-hybridized carbons (Fsp3) is 0.400. The van der Waals surface area contributed by atoms with Crippen molar-refractivity contribution in [1.29, 1.82) is 0 Å². The van der Waals surface area contributed by atoms with Crippen LogP contribution in [0.1, 0.15) is 77.6 Å². The summed E-state index contributed by atoms with van der Waals surface area (Å²) >= 11 is 0. The van der Waals surface area contributed by atoms with Crippen molar-refractivity contribution >= 4 is 17.4 Å². The maximum atomic E-state index is 13.5. The van der Waals surface area contributed by atoms with Gasteiger partial charge in [-0.25, -0.2) is 0 Å². The number of aliphatic carboxylic acids is 1. The molecular formula is C30H37N2NaO3. The van der Waals surface area contributed by atoms with E-state index in [0.29, 0.717) is 36.4 Å². The van der Waals surface area contributed by atoms with Gasteiger partial charge in [-0.05, 0) is 73.8 Å². The Labute approximate surface area is 237 Å². The zero-order valence-electron chi connectivity index (χ0n) is 22.6. The topological polar surface area (TPSA) is 74.2 Å². The van der Waals surface area contributed by atoms with Crippen LogP contribution in [0.15, 0.2) is 48.5 Å². The Bertz CT molecular complexity index is 1180. The van der Waals surface area contributed by atoms with Crippen LogP contribution in [-0.4, -0.2) is 16.3 Å². The van der Waals surface area contributed by atoms with Crippen LogP contribution >= 0.6 is 0 Å². The average Bonchev–Trinajstić information content (AvgIpc) is 3.13. The molecule has 3 aromatic rings. The first kappa shape index (κ1) is 29.9. The maximum absolute atomic E-state index is 13.5. The number of carbonyl (C=O) groups excluding carboxylic acids is 2. The molecule has 1 heterocycles. The number of carboxylic acid groups (broad SMARTS) is 1. The standard InChI is InChI=1S/C30H38N2O3.Na/c1-6-28-26(18-25(32(28)5)8-7-9-29(33)34)30(35)24-15-10-21(4)27(17-24)31-19-23-13-11-22(12-14-23)16-20(2)3;/h10-15,17-18,20,31H,6-9,16,19H2,1-5H3,(H,33,34);/q;+1/p-1. The number of hydrogen-bond donors (Lipinski definition) is 1. The molecule has 0 spiro atoms. The van der Waals surface area contributed by atoms with Gasteiger partial charge in [-0.1, -0.05) is 57.2 Å². The van der Waals surface area contributed by atoms with Crippen LogP contribution in [0, 0.1) is 12.8 Å². The minimum absolute atomic E-state index is 0. The van der Waals surface area contributed by atoms with E-state index in [4.69, 9.17) is 0 Å². The van der Waals surface area contributed by atoms with E-state index in [1.54, 1.807) is 0 Å². The molecular weight excluding hydrogens is 459 g/mol. The molecule has 0 atom stereocenters. The van der Waals surface area contributed by atoms with Crippen molar-refractivity contribution in [2.24, 2.45) is 13.0 Å². The number of carbonyl (C=O) groups is 2. The van der Waals surface area contributed by atoms with E-state index in [2.05, 4.69) is 43.4 Å². The van der Waals surface area contributed by atoms with Gasteiger partial charge in [0, 0.05) is 47.8 Å². The van der Waals surface area contributed by atoms with E-state index >= 15 is 0 Å². The van der Waals surface area contributed by atoms with Crippen LogP contribution in [0.5, 0.6) is 0 Å². The van der Waals surface area contributed by atoms with Gasteiger partial charge in [-0.2, -0.15) is 0 Å². The van der Waals surface area contributed by atoms with Crippen LogP contribution in [0.3, 0.4) is 0 Å². The molecule has 5 nitrogen and oxygen atoms in total. The molecule has 0 bridgehead atoms. The normalized spacial score (nSPS) is 10.8. The molecule has 1 N–H and O–H groups in total. The number of rotatable bonds is 12. The van der Waals surface area contributed by atoms with E-state index in [1.807, 2.05) is 49.7 Å². The second-order valence-electron chi connectivity index (χ2n) is 9.76. The van der Waals surface area contributed by atoms with Crippen LogP contribution in [0.2, 0.25) is 0 Å². The molecule has 0 aliphatic rings. The fourth-order valence-electron chi connectivity index (χ4n) is 4.55. The van der Waals surface area contributed by atoms with Crippen LogP contribution in [0.4, 0.5) is 5.69 Å². The molecule has 0 aliphatic heterocycles. The number of carboxylic acids is 1. The third-order valence-electron chi connectivity index (χ3n) is 6.50. The molecule has 0 amide bonds. The van der Waals surface area contributed by atoms with Crippen molar-refractivity contribution < 1.29 is 44.3 Å². The summed E-state index contributed by atoms with van der Waals surface area (Å²) in [5, 5.41) is 14.3. The van der Waals surface area contributed by atoms with E-state index in [9.17, 15) is 14.7 Å². The van der Waals surface area contributed by atoms with Crippen molar-refractivity contribution in [1.82, 2.24) is 4.57 Å². The SMILES string of the molecule is CCc1c(C(=O)c2ccc(C)c(NCc3ccc(CC(C)C)cc3)c2)cc(CCCC(=O)[O-])n1C.[Na+]. The van der Waals surface area contributed by atoms with E-state index < -0.39 is 5.97 Å². The van der Waals surface area contributed by atoms with Crippen molar-refractivity contribution in [2.45, 2.75) is 66.3 Å². The summed E-state index contributed by atoms with van der Waals surface area (Å²) in [5.41, 5.74) is 7.86. The molecule has 3 rings (SSSR count). The number of hydrogen-bond acceptors (Lipinski definition) is 4. The van der Waals surface area contributed by atoms with Gasteiger partial charge >= 0.3 is 29.6 Å². The quantitative estimate of drug-likeness (QED) is 0.308. The Balaban J connectivity index is 0.00000456. The summed E-state index contributed by atoms with van der Waals surface area (Å²) in [6.45, 7) is 9.21. The van der Waals surface area contributed by atoms with Crippen LogP contribution in [0.25, 0.3) is 0 Å². The smallest absolute Gasteiger partial charge is 0.550 e. The minimum atomic E-state index is -1.04. The Hall–Kier alpha value is -2.34. The average molecular weight is 497 g/mol. The molecule has 186 valence electrons. The van der Waals surface area contributed by atoms with Crippen LogP contribution in [-0.2, 0) is 37.6 Å². The number of ketones is 1. The Morgan fingerprint density at radius 1 is 1.03 bits per heavy atom. The van der Waals surface area contributed by atoms with Gasteiger partial charge in [0.05, 0.1) is 0 Å². The monoisotopic (exact) mass is 496 g/mol. The summed E-state index contributed by atoms with van der Waals surface area (Å²) in [6, 6.07) is 16.4. The molecule has 0 fully saturated rings. The first-order valence-electron chi connectivity index (χ1n) is 12.5. The second kappa shape index (κ2) is 13.8. The van der Waals surface area contributed by atoms with Gasteiger partial charge in [-0.15, -0.1) is 0 Å². The third kappa shape index (κ3) is 7.83. The van der Waals surface area contributed by atoms with E-state index in [-0.39, 0.29) is 41.8 Å². The van der Waals surface area contributed by atoms with Gasteiger partial charge in [0.15, 0.2) is 5.78 Å². The number of anilines is 1. The Morgan fingerprint density at radius 3 is 2.31 bits per heavy atom. The second-order valence-corrected chi connectivity index (χ2v) is 9.76. The summed E-state index contributed by atoms with van der Waals surface area (Å²) in [4.78, 5) is 24.3. The molecule has 6 heteroatoms. The number of aromatic nitrogens is 1. The number of nitrogens with zero attached hydrogens (tertiary/aromatic N) is 1. The summed E-state index contributed by atoms with van der Waals surface area (Å²) in [5.74, 6) is -0.417. The third-order valence-corrected chi connectivity index (χ3v) is 6.50. The first-order valence-corrected chi connectivity index (χ1v) is 12.5. The zero-order valence-corrected chi connectivity index (χ0v) is 24.6. The van der Waals surface area contributed by atoms with E-state index in [0.717, 1.165) is 35.5 Å². The first-order chi connectivity index (χ1) is 16.7. The number of aryl methyl sites for hydroxylation is 2. The molecule has 0 saturated heterocycles. The number of benzene rings is 2. The molecule has 36 heavy (non-hydrogen) atoms. The van der Waals surface area contributed by atoms with Gasteiger partial charge in [0.1, 0.15) is 0 Å². The molecule has 0 radical (unpaired) electrons. The van der Waals surface area contributed by atoms with Gasteiger partial charge in [0.25, 0.3) is 0 Å². The molecule has 0 saturated carbocycles. The van der Waals surface area contributed by atoms with E-state index in [1.165, 1.54) is 11.1 Å². The molecule has 0 aliphatic carbocycles. The van der Waals surface area contributed by atoms with Gasteiger partial charge in [-0.3, -0.25) is 4.79 Å². The van der Waals surface area contributed by atoms with Gasteiger partial charge < -0.3 is 19.8 Å². The zero-order chi connectivity index (χ0) is 25.5. The Kier molecular flexibility index (Phi) is 11.5. The van der Waals surface area contributed by atoms with Crippen molar-refractivity contribution in [2.75, 3.05) is 5.32 Å². The summed E-state index contributed by atoms with van der Waals surface area (Å²) in [7, 11) is 1.94. The minimum Gasteiger partial charge on any atom is -0.550 e. The summed E-state index contributed by atoms with van der Waals surface area (Å²) < 4.78 is 2.03. The predicted octanol–water partition coefficient (Wildman–Crippen LogP) is 2.01. The largest absolute Gasteiger partial charge is 1.00 e. The Morgan fingerprint density at radius 2 is 1.69 bits per heavy atom.